The Hall–Kier alpha value is -1.39. The van der Waals surface area contributed by atoms with Gasteiger partial charge in [-0.15, -0.1) is 0 Å². The topological polar surface area (TPSA) is 64.3 Å². The number of amides is 1. The summed E-state index contributed by atoms with van der Waals surface area (Å²) < 4.78 is 5.46. The summed E-state index contributed by atoms with van der Waals surface area (Å²) in [7, 11) is 0. The van der Waals surface area contributed by atoms with Gasteiger partial charge in [-0.05, 0) is 17.9 Å². The monoisotopic (exact) mass is 248 g/mol. The van der Waals surface area contributed by atoms with Crippen molar-refractivity contribution in [2.45, 2.75) is 25.5 Å². The van der Waals surface area contributed by atoms with Gasteiger partial charge < -0.3 is 15.8 Å². The van der Waals surface area contributed by atoms with Crippen molar-refractivity contribution in [1.82, 2.24) is 5.32 Å². The lowest BCUT2D eigenvalue weighted by atomic mass is 10.0. The average Bonchev–Trinajstić information content (AvgIpc) is 2.83. The molecule has 1 aromatic carbocycles. The van der Waals surface area contributed by atoms with Crippen LogP contribution in [0.1, 0.15) is 24.9 Å². The maximum absolute atomic E-state index is 12.1. The van der Waals surface area contributed by atoms with Gasteiger partial charge in [0.05, 0.1) is 6.04 Å². The molecule has 1 saturated heterocycles. The highest BCUT2D eigenvalue weighted by Crippen LogP contribution is 2.21. The molecule has 2 rings (SSSR count). The van der Waals surface area contributed by atoms with Crippen LogP contribution in [0.25, 0.3) is 0 Å². The molecule has 98 valence electrons. The first-order valence-electron chi connectivity index (χ1n) is 6.39. The Bertz CT molecular complexity index is 394. The molecule has 1 fully saturated rings. The number of carbonyl (C=O) groups excluding carboxylic acids is 1. The Kier molecular flexibility index (Phi) is 4.33. The Morgan fingerprint density at radius 2 is 2.22 bits per heavy atom. The van der Waals surface area contributed by atoms with E-state index in [1.165, 1.54) is 0 Å². The lowest BCUT2D eigenvalue weighted by Gasteiger charge is -2.21. The standard InChI is InChI=1S/C14H20N2O2/c1-10-7-8-18-13(10)14(17)16-12(9-15)11-5-3-2-4-6-11/h2-6,10,12-13H,7-9,15H2,1H3,(H,16,17). The van der Waals surface area contributed by atoms with Gasteiger partial charge in [-0.3, -0.25) is 4.79 Å². The summed E-state index contributed by atoms with van der Waals surface area (Å²) in [6.07, 6.45) is 0.610. The molecule has 0 saturated carbocycles. The second-order valence-corrected chi connectivity index (χ2v) is 4.76. The summed E-state index contributed by atoms with van der Waals surface area (Å²) in [6.45, 7) is 3.09. The van der Waals surface area contributed by atoms with Crippen molar-refractivity contribution in [3.63, 3.8) is 0 Å². The fourth-order valence-electron chi connectivity index (χ4n) is 2.25. The number of nitrogens with one attached hydrogen (secondary N) is 1. The minimum absolute atomic E-state index is 0.0562. The lowest BCUT2D eigenvalue weighted by molar-refractivity contribution is -0.132. The average molecular weight is 248 g/mol. The Labute approximate surface area is 108 Å². The summed E-state index contributed by atoms with van der Waals surface area (Å²) in [5.41, 5.74) is 6.76. The maximum Gasteiger partial charge on any atom is 0.249 e. The summed E-state index contributed by atoms with van der Waals surface area (Å²) in [5.74, 6) is 0.221. The number of hydrogen-bond donors (Lipinski definition) is 2. The van der Waals surface area contributed by atoms with E-state index in [-0.39, 0.29) is 24.0 Å². The van der Waals surface area contributed by atoms with Crippen molar-refractivity contribution in [3.8, 4) is 0 Å². The molecule has 0 bridgehead atoms. The first kappa shape index (κ1) is 13.1. The van der Waals surface area contributed by atoms with E-state index in [0.29, 0.717) is 13.2 Å². The Morgan fingerprint density at radius 3 is 2.78 bits per heavy atom. The van der Waals surface area contributed by atoms with Crippen LogP contribution in [0, 0.1) is 5.92 Å². The van der Waals surface area contributed by atoms with Crippen molar-refractivity contribution in [1.29, 1.82) is 0 Å². The normalized spacial score (nSPS) is 24.8. The summed E-state index contributed by atoms with van der Waals surface area (Å²) in [5, 5.41) is 2.97. The third-order valence-corrected chi connectivity index (χ3v) is 3.40. The number of hydrogen-bond acceptors (Lipinski definition) is 3. The molecule has 1 aliphatic rings. The van der Waals surface area contributed by atoms with Crippen molar-refractivity contribution >= 4 is 5.91 Å². The van der Waals surface area contributed by atoms with Gasteiger partial charge in [0.25, 0.3) is 0 Å². The molecule has 3 N–H and O–H groups in total. The van der Waals surface area contributed by atoms with Crippen molar-refractivity contribution in [2.24, 2.45) is 11.7 Å². The summed E-state index contributed by atoms with van der Waals surface area (Å²) in [6, 6.07) is 9.63. The van der Waals surface area contributed by atoms with Crippen LogP contribution in [-0.4, -0.2) is 25.2 Å². The molecule has 0 aromatic heterocycles. The van der Waals surface area contributed by atoms with Crippen molar-refractivity contribution in [3.05, 3.63) is 35.9 Å². The molecule has 4 nitrogen and oxygen atoms in total. The predicted molar refractivity (Wildman–Crippen MR) is 69.9 cm³/mol. The van der Waals surface area contributed by atoms with Crippen LogP contribution in [0.15, 0.2) is 30.3 Å². The summed E-state index contributed by atoms with van der Waals surface area (Å²) in [4.78, 5) is 12.1. The van der Waals surface area contributed by atoms with E-state index in [2.05, 4.69) is 5.32 Å². The van der Waals surface area contributed by atoms with Crippen LogP contribution in [-0.2, 0) is 9.53 Å². The number of ether oxygens (including phenoxy) is 1. The molecule has 0 spiro atoms. The highest BCUT2D eigenvalue weighted by atomic mass is 16.5. The van der Waals surface area contributed by atoms with Crippen LogP contribution in [0.3, 0.4) is 0 Å². The van der Waals surface area contributed by atoms with Gasteiger partial charge >= 0.3 is 0 Å². The van der Waals surface area contributed by atoms with Crippen LogP contribution in [0.2, 0.25) is 0 Å². The molecule has 3 atom stereocenters. The van der Waals surface area contributed by atoms with Gasteiger partial charge in [-0.25, -0.2) is 0 Å². The first-order chi connectivity index (χ1) is 8.72. The molecular formula is C14H20N2O2. The van der Waals surface area contributed by atoms with Crippen LogP contribution in [0.4, 0.5) is 0 Å². The Balaban J connectivity index is 2.00. The minimum atomic E-state index is -0.331. The van der Waals surface area contributed by atoms with E-state index >= 15 is 0 Å². The number of rotatable bonds is 4. The summed E-state index contributed by atoms with van der Waals surface area (Å²) >= 11 is 0. The van der Waals surface area contributed by atoms with Gasteiger partial charge in [0.15, 0.2) is 0 Å². The quantitative estimate of drug-likeness (QED) is 0.842. The van der Waals surface area contributed by atoms with Gasteiger partial charge in [0, 0.05) is 13.2 Å². The largest absolute Gasteiger partial charge is 0.368 e. The second kappa shape index (κ2) is 5.98. The maximum atomic E-state index is 12.1. The molecule has 0 aliphatic carbocycles. The van der Waals surface area contributed by atoms with Gasteiger partial charge in [0.1, 0.15) is 6.10 Å². The number of carbonyl (C=O) groups is 1. The fourth-order valence-corrected chi connectivity index (χ4v) is 2.25. The third kappa shape index (κ3) is 2.89. The third-order valence-electron chi connectivity index (χ3n) is 3.40. The molecule has 1 aliphatic heterocycles. The minimum Gasteiger partial charge on any atom is -0.368 e. The van der Waals surface area contributed by atoms with Gasteiger partial charge in [0.2, 0.25) is 5.91 Å². The zero-order valence-electron chi connectivity index (χ0n) is 10.6. The Morgan fingerprint density at radius 1 is 1.50 bits per heavy atom. The zero-order valence-corrected chi connectivity index (χ0v) is 10.6. The molecule has 1 amide bonds. The van der Waals surface area contributed by atoms with E-state index in [9.17, 15) is 4.79 Å². The molecule has 4 heteroatoms. The van der Waals surface area contributed by atoms with Crippen LogP contribution in [0.5, 0.6) is 0 Å². The highest BCUT2D eigenvalue weighted by molar-refractivity contribution is 5.81. The van der Waals surface area contributed by atoms with E-state index in [1.54, 1.807) is 0 Å². The molecule has 0 radical (unpaired) electrons. The van der Waals surface area contributed by atoms with Gasteiger partial charge in [-0.1, -0.05) is 37.3 Å². The molecule has 18 heavy (non-hydrogen) atoms. The van der Waals surface area contributed by atoms with E-state index < -0.39 is 0 Å². The van der Waals surface area contributed by atoms with E-state index in [4.69, 9.17) is 10.5 Å². The highest BCUT2D eigenvalue weighted by Gasteiger charge is 2.31. The van der Waals surface area contributed by atoms with E-state index in [0.717, 1.165) is 12.0 Å². The van der Waals surface area contributed by atoms with Gasteiger partial charge in [-0.2, -0.15) is 0 Å². The van der Waals surface area contributed by atoms with E-state index in [1.807, 2.05) is 37.3 Å². The van der Waals surface area contributed by atoms with Crippen LogP contribution < -0.4 is 11.1 Å². The molecular weight excluding hydrogens is 228 g/mol. The van der Waals surface area contributed by atoms with Crippen molar-refractivity contribution < 1.29 is 9.53 Å². The molecule has 1 heterocycles. The van der Waals surface area contributed by atoms with Crippen LogP contribution >= 0.6 is 0 Å². The SMILES string of the molecule is CC1CCOC1C(=O)NC(CN)c1ccccc1. The number of benzene rings is 1. The smallest absolute Gasteiger partial charge is 0.249 e. The first-order valence-corrected chi connectivity index (χ1v) is 6.39. The number of nitrogens with two attached hydrogens (primary N) is 1. The van der Waals surface area contributed by atoms with Crippen molar-refractivity contribution in [2.75, 3.05) is 13.2 Å². The fraction of sp³-hybridized carbons (Fsp3) is 0.500. The second-order valence-electron chi connectivity index (χ2n) is 4.76. The lowest BCUT2D eigenvalue weighted by Crippen LogP contribution is -2.41. The molecule has 3 unspecified atom stereocenters. The predicted octanol–water partition coefficient (Wildman–Crippen LogP) is 1.23. The molecule has 1 aromatic rings. The zero-order chi connectivity index (χ0) is 13.0.